The fraction of sp³-hybridized carbons (Fsp3) is 0.621. The molecule has 2 aliphatic rings. The van der Waals surface area contributed by atoms with Crippen LogP contribution in [0.1, 0.15) is 106 Å². The molecule has 0 saturated heterocycles. The summed E-state index contributed by atoms with van der Waals surface area (Å²) in [6.45, 7) is 4.31. The number of aromatic nitrogens is 5. The molecule has 15 heteroatoms. The number of nitrogens with one attached hydrogen (secondary N) is 2. The van der Waals surface area contributed by atoms with Crippen LogP contribution in [0.15, 0.2) is 30.7 Å². The standard InChI is InChI=1S/C29H36F5N7O3/c1-16(2)41-21(8-11-35-41)26(43)39-25(18-6-9-28(30,31)10-7-18)20-15-40-22(37-20)12-19(14-36-40)24(17-4-5-17)38-23(42)13-27(3,44)29(32,33)34/h8,11-12,14-18,24-25,44H,4-7,9-10,13H2,1-3H3,(H,38,42)(H,39,43)/t24?,25-,27-/m0/s1. The summed E-state index contributed by atoms with van der Waals surface area (Å²) in [7, 11) is 0. The van der Waals surface area contributed by atoms with Crippen molar-refractivity contribution in [2.75, 3.05) is 0 Å². The molecule has 3 aromatic rings. The first-order chi connectivity index (χ1) is 20.5. The van der Waals surface area contributed by atoms with Crippen molar-refractivity contribution >= 4 is 17.5 Å². The Morgan fingerprint density at radius 2 is 1.73 bits per heavy atom. The zero-order valence-corrected chi connectivity index (χ0v) is 24.6. The van der Waals surface area contributed by atoms with Gasteiger partial charge in [-0.2, -0.15) is 23.4 Å². The number of aliphatic hydroxyl groups is 1. The van der Waals surface area contributed by atoms with E-state index < -0.39 is 48.0 Å². The molecule has 3 atom stereocenters. The first kappa shape index (κ1) is 31.8. The number of fused-ring (bicyclic) bond motifs is 1. The van der Waals surface area contributed by atoms with E-state index in [9.17, 15) is 36.6 Å². The topological polar surface area (TPSA) is 126 Å². The van der Waals surface area contributed by atoms with Crippen molar-refractivity contribution in [3.63, 3.8) is 0 Å². The SMILES string of the molecule is CC(C)n1nccc1C(=O)N[C@H](c1cn2ncc(C(NC(=O)C[C@](C)(O)C(F)(F)F)C3CC3)cc2n1)C1CCC(F)(F)CC1. The average molecular weight is 626 g/mol. The second-order valence-corrected chi connectivity index (χ2v) is 12.5. The van der Waals surface area contributed by atoms with Crippen LogP contribution in [0.25, 0.3) is 5.65 Å². The second-order valence-electron chi connectivity index (χ2n) is 12.5. The third-order valence-corrected chi connectivity index (χ3v) is 8.47. The van der Waals surface area contributed by atoms with E-state index in [-0.39, 0.29) is 43.6 Å². The fourth-order valence-corrected chi connectivity index (χ4v) is 5.72. The van der Waals surface area contributed by atoms with Gasteiger partial charge in [-0.3, -0.25) is 14.3 Å². The van der Waals surface area contributed by atoms with Crippen LogP contribution in [0.2, 0.25) is 0 Å². The molecule has 0 aromatic carbocycles. The smallest absolute Gasteiger partial charge is 0.380 e. The number of carbonyl (C=O) groups is 2. The lowest BCUT2D eigenvalue weighted by Crippen LogP contribution is -2.46. The Morgan fingerprint density at radius 3 is 2.34 bits per heavy atom. The zero-order chi connectivity index (χ0) is 32.0. The van der Waals surface area contributed by atoms with Gasteiger partial charge in [-0.15, -0.1) is 0 Å². The predicted molar refractivity (Wildman–Crippen MR) is 148 cm³/mol. The minimum absolute atomic E-state index is 0.0183. The van der Waals surface area contributed by atoms with E-state index in [1.807, 2.05) is 13.8 Å². The van der Waals surface area contributed by atoms with Crippen molar-refractivity contribution in [3.8, 4) is 0 Å². The summed E-state index contributed by atoms with van der Waals surface area (Å²) in [4.78, 5) is 30.6. The third-order valence-electron chi connectivity index (χ3n) is 8.47. The van der Waals surface area contributed by atoms with Gasteiger partial charge in [0.1, 0.15) is 5.69 Å². The first-order valence-electron chi connectivity index (χ1n) is 14.7. The monoisotopic (exact) mass is 625 g/mol. The Labute approximate surface area is 250 Å². The largest absolute Gasteiger partial charge is 0.417 e. The van der Waals surface area contributed by atoms with Crippen LogP contribution in [-0.2, 0) is 4.79 Å². The van der Waals surface area contributed by atoms with Crippen LogP contribution < -0.4 is 10.6 Å². The molecule has 2 aliphatic carbocycles. The number of alkyl halides is 5. The summed E-state index contributed by atoms with van der Waals surface area (Å²) >= 11 is 0. The van der Waals surface area contributed by atoms with E-state index in [4.69, 9.17) is 0 Å². The summed E-state index contributed by atoms with van der Waals surface area (Å²) < 4.78 is 70.5. The Hall–Kier alpha value is -3.62. The van der Waals surface area contributed by atoms with Gasteiger partial charge in [-0.05, 0) is 76.0 Å². The van der Waals surface area contributed by atoms with Crippen LogP contribution in [0.3, 0.4) is 0 Å². The summed E-state index contributed by atoms with van der Waals surface area (Å²) in [6, 6.07) is 1.80. The van der Waals surface area contributed by atoms with Gasteiger partial charge in [0.2, 0.25) is 11.8 Å². The van der Waals surface area contributed by atoms with Crippen molar-refractivity contribution in [1.29, 1.82) is 0 Å². The molecule has 0 spiro atoms. The molecule has 1 unspecified atom stereocenters. The van der Waals surface area contributed by atoms with E-state index in [1.54, 1.807) is 23.0 Å². The average Bonchev–Trinajstić information content (AvgIpc) is 3.47. The van der Waals surface area contributed by atoms with Crippen LogP contribution in [-0.4, -0.2) is 59.0 Å². The Kier molecular flexibility index (Phi) is 8.46. The quantitative estimate of drug-likeness (QED) is 0.270. The Bertz CT molecular complexity index is 1500. The minimum atomic E-state index is -4.97. The van der Waals surface area contributed by atoms with E-state index in [2.05, 4.69) is 25.8 Å². The van der Waals surface area contributed by atoms with E-state index in [0.29, 0.717) is 29.5 Å². The molecule has 10 nitrogen and oxygen atoms in total. The van der Waals surface area contributed by atoms with Crippen LogP contribution in [0.4, 0.5) is 22.0 Å². The number of halogens is 5. The lowest BCUT2D eigenvalue weighted by molar-refractivity contribution is -0.253. The van der Waals surface area contributed by atoms with Crippen molar-refractivity contribution in [2.45, 2.75) is 102 Å². The van der Waals surface area contributed by atoms with Crippen molar-refractivity contribution < 1.29 is 36.6 Å². The maximum atomic E-state index is 14.0. The second kappa shape index (κ2) is 11.7. The third kappa shape index (κ3) is 6.87. The molecule has 0 radical (unpaired) electrons. The van der Waals surface area contributed by atoms with E-state index in [1.165, 1.54) is 16.9 Å². The van der Waals surface area contributed by atoms with Gasteiger partial charge in [0.15, 0.2) is 11.2 Å². The molecular formula is C29H36F5N7O3. The zero-order valence-electron chi connectivity index (χ0n) is 24.6. The predicted octanol–water partition coefficient (Wildman–Crippen LogP) is 5.07. The number of carbonyl (C=O) groups excluding carboxylic acids is 2. The molecule has 0 bridgehead atoms. The minimum Gasteiger partial charge on any atom is -0.380 e. The fourth-order valence-electron chi connectivity index (χ4n) is 5.72. The van der Waals surface area contributed by atoms with Crippen molar-refractivity contribution in [1.82, 2.24) is 35.0 Å². The van der Waals surface area contributed by atoms with Crippen LogP contribution in [0, 0.1) is 11.8 Å². The number of hydrogen-bond acceptors (Lipinski definition) is 6. The summed E-state index contributed by atoms with van der Waals surface area (Å²) in [5.41, 5.74) is -1.56. The van der Waals surface area contributed by atoms with Crippen molar-refractivity contribution in [2.24, 2.45) is 11.8 Å². The van der Waals surface area contributed by atoms with E-state index in [0.717, 1.165) is 12.8 Å². The summed E-state index contributed by atoms with van der Waals surface area (Å²) in [5, 5.41) is 24.0. The lowest BCUT2D eigenvalue weighted by atomic mass is 9.81. The number of amides is 2. The maximum absolute atomic E-state index is 14.0. The molecule has 3 N–H and O–H groups in total. The molecule has 240 valence electrons. The highest BCUT2D eigenvalue weighted by Gasteiger charge is 2.51. The van der Waals surface area contributed by atoms with Crippen LogP contribution in [0.5, 0.6) is 0 Å². The molecular weight excluding hydrogens is 589 g/mol. The summed E-state index contributed by atoms with van der Waals surface area (Å²) in [6.07, 6.45) is -0.292. The molecule has 0 aliphatic heterocycles. The molecule has 2 fully saturated rings. The van der Waals surface area contributed by atoms with Gasteiger partial charge in [0.05, 0.1) is 36.6 Å². The number of nitrogens with zero attached hydrogens (tertiary/aromatic N) is 5. The number of rotatable bonds is 10. The van der Waals surface area contributed by atoms with Crippen molar-refractivity contribution in [3.05, 3.63) is 47.7 Å². The van der Waals surface area contributed by atoms with Gasteiger partial charge in [-0.25, -0.2) is 18.3 Å². The van der Waals surface area contributed by atoms with Gasteiger partial charge >= 0.3 is 6.18 Å². The first-order valence-corrected chi connectivity index (χ1v) is 14.7. The molecule has 2 saturated carbocycles. The Balaban J connectivity index is 1.41. The number of hydrogen-bond donors (Lipinski definition) is 3. The highest BCUT2D eigenvalue weighted by molar-refractivity contribution is 5.92. The molecule has 3 aromatic heterocycles. The normalized spacial score (nSPS) is 20.3. The highest BCUT2D eigenvalue weighted by Crippen LogP contribution is 2.43. The lowest BCUT2D eigenvalue weighted by Gasteiger charge is -2.33. The number of imidazole rings is 1. The molecule has 2 amide bonds. The highest BCUT2D eigenvalue weighted by atomic mass is 19.4. The Morgan fingerprint density at radius 1 is 1.07 bits per heavy atom. The molecule has 3 heterocycles. The molecule has 44 heavy (non-hydrogen) atoms. The van der Waals surface area contributed by atoms with Gasteiger partial charge in [-0.1, -0.05) is 0 Å². The molecule has 5 rings (SSSR count). The van der Waals surface area contributed by atoms with E-state index >= 15 is 0 Å². The maximum Gasteiger partial charge on any atom is 0.417 e. The van der Waals surface area contributed by atoms with Gasteiger partial charge in [0.25, 0.3) is 5.91 Å². The van der Waals surface area contributed by atoms with Crippen LogP contribution >= 0.6 is 0 Å². The summed E-state index contributed by atoms with van der Waals surface area (Å²) in [5.74, 6) is -4.48. The van der Waals surface area contributed by atoms with Gasteiger partial charge < -0.3 is 15.7 Å². The van der Waals surface area contributed by atoms with Gasteiger partial charge in [0, 0.05) is 25.1 Å².